The monoisotopic (exact) mass is 543 g/mol. The van der Waals surface area contributed by atoms with Gasteiger partial charge in [0.05, 0.1) is 18.8 Å². The molecule has 0 saturated carbocycles. The van der Waals surface area contributed by atoms with Crippen molar-refractivity contribution in [3.8, 4) is 22.9 Å². The summed E-state index contributed by atoms with van der Waals surface area (Å²) in [6.07, 6.45) is 10.1. The lowest BCUT2D eigenvalue weighted by atomic mass is 9.98. The molecule has 210 valence electrons. The second-order valence-electron chi connectivity index (χ2n) is 11.6. The van der Waals surface area contributed by atoms with Gasteiger partial charge in [0.1, 0.15) is 23.7 Å². The van der Waals surface area contributed by atoms with Crippen molar-refractivity contribution < 1.29 is 19.0 Å². The number of methoxy groups -OCH3 is 1. The predicted molar refractivity (Wildman–Crippen MR) is 154 cm³/mol. The molecular weight excluding hydrogens is 506 g/mol. The van der Waals surface area contributed by atoms with Crippen molar-refractivity contribution in [2.24, 2.45) is 0 Å². The van der Waals surface area contributed by atoms with E-state index in [9.17, 15) is 4.79 Å². The second-order valence-corrected chi connectivity index (χ2v) is 11.6. The zero-order chi connectivity index (χ0) is 27.9. The maximum Gasteiger partial charge on any atom is 0.410 e. The van der Waals surface area contributed by atoms with E-state index >= 15 is 0 Å². The van der Waals surface area contributed by atoms with Crippen LogP contribution >= 0.6 is 0 Å². The van der Waals surface area contributed by atoms with Gasteiger partial charge in [0.15, 0.2) is 5.65 Å². The third-order valence-electron chi connectivity index (χ3n) is 7.58. The summed E-state index contributed by atoms with van der Waals surface area (Å²) in [7, 11) is 1.62. The molecule has 3 aliphatic rings. The molecular formula is C31H37N5O4. The number of piperidine rings is 1. The quantitative estimate of drug-likeness (QED) is 0.451. The fraction of sp³-hybridized carbons (Fsp3) is 0.452. The molecule has 0 unspecified atom stereocenters. The van der Waals surface area contributed by atoms with Crippen LogP contribution in [0.2, 0.25) is 0 Å². The molecule has 0 spiro atoms. The highest BCUT2D eigenvalue weighted by atomic mass is 16.6. The van der Waals surface area contributed by atoms with E-state index in [1.54, 1.807) is 7.11 Å². The number of fused-ring (bicyclic) bond motifs is 2. The zero-order valence-electron chi connectivity index (χ0n) is 23.6. The highest BCUT2D eigenvalue weighted by Crippen LogP contribution is 2.39. The fourth-order valence-electron chi connectivity index (χ4n) is 5.61. The number of likely N-dealkylation sites (tertiary alicyclic amines) is 1. The minimum absolute atomic E-state index is 0.109. The molecule has 9 heteroatoms. The van der Waals surface area contributed by atoms with E-state index in [2.05, 4.69) is 46.8 Å². The van der Waals surface area contributed by atoms with Crippen LogP contribution in [0.25, 0.3) is 22.5 Å². The van der Waals surface area contributed by atoms with Crippen molar-refractivity contribution in [2.45, 2.75) is 64.1 Å². The normalized spacial score (nSPS) is 19.4. The number of benzene rings is 1. The van der Waals surface area contributed by atoms with Crippen molar-refractivity contribution in [2.75, 3.05) is 26.8 Å². The number of aromatic nitrogens is 3. The molecule has 1 N–H and O–H groups in total. The van der Waals surface area contributed by atoms with Gasteiger partial charge in [-0.15, -0.1) is 5.10 Å². The number of amides is 1. The average Bonchev–Trinajstić information content (AvgIpc) is 3.53. The number of carbonyl (C=O) groups excluding carboxylic acids is 1. The second kappa shape index (κ2) is 10.6. The van der Waals surface area contributed by atoms with Gasteiger partial charge in [-0.25, -0.2) is 14.3 Å². The van der Waals surface area contributed by atoms with Gasteiger partial charge in [-0.1, -0.05) is 30.4 Å². The Kier molecular flexibility index (Phi) is 7.00. The van der Waals surface area contributed by atoms with Crippen molar-refractivity contribution in [3.63, 3.8) is 0 Å². The van der Waals surface area contributed by atoms with Crippen LogP contribution in [0, 0.1) is 0 Å². The molecule has 6 rings (SSSR count). The first-order chi connectivity index (χ1) is 19.3. The fourth-order valence-corrected chi connectivity index (χ4v) is 5.61. The summed E-state index contributed by atoms with van der Waals surface area (Å²) in [5, 5.41) is 8.45. The number of carbonyl (C=O) groups is 1. The molecule has 2 aromatic heterocycles. The molecule has 1 aromatic carbocycles. The molecule has 4 heterocycles. The topological polar surface area (TPSA) is 90.2 Å². The first-order valence-corrected chi connectivity index (χ1v) is 14.1. The van der Waals surface area contributed by atoms with Gasteiger partial charge in [-0.3, -0.25) is 0 Å². The molecule has 1 aliphatic carbocycles. The van der Waals surface area contributed by atoms with Crippen LogP contribution in [0.4, 0.5) is 4.79 Å². The van der Waals surface area contributed by atoms with Gasteiger partial charge in [0.25, 0.3) is 0 Å². The number of imidazole rings is 1. The van der Waals surface area contributed by atoms with Gasteiger partial charge in [-0.2, -0.15) is 0 Å². The van der Waals surface area contributed by atoms with E-state index in [1.807, 2.05) is 42.3 Å². The Balaban J connectivity index is 1.21. The van der Waals surface area contributed by atoms with E-state index in [0.29, 0.717) is 31.6 Å². The number of ether oxygens (including phenoxy) is 3. The number of hydrogen-bond donors (Lipinski definition) is 1. The molecule has 40 heavy (non-hydrogen) atoms. The first-order valence-electron chi connectivity index (χ1n) is 14.1. The van der Waals surface area contributed by atoms with Crippen molar-refractivity contribution in [1.82, 2.24) is 24.8 Å². The molecule has 9 nitrogen and oxygen atoms in total. The Morgan fingerprint density at radius 1 is 1.12 bits per heavy atom. The van der Waals surface area contributed by atoms with Gasteiger partial charge in [-0.05, 0) is 64.2 Å². The summed E-state index contributed by atoms with van der Waals surface area (Å²) in [4.78, 5) is 19.2. The summed E-state index contributed by atoms with van der Waals surface area (Å²) in [5.74, 6) is 1.42. The smallest absolute Gasteiger partial charge is 0.410 e. The van der Waals surface area contributed by atoms with Crippen LogP contribution < -0.4 is 14.8 Å². The Bertz CT molecular complexity index is 1480. The van der Waals surface area contributed by atoms with E-state index < -0.39 is 5.60 Å². The van der Waals surface area contributed by atoms with Crippen molar-refractivity contribution >= 4 is 17.3 Å². The summed E-state index contributed by atoms with van der Waals surface area (Å²) < 4.78 is 19.0. The number of rotatable bonds is 5. The van der Waals surface area contributed by atoms with E-state index in [0.717, 1.165) is 65.2 Å². The summed E-state index contributed by atoms with van der Waals surface area (Å²) in [6.45, 7) is 7.65. The summed E-state index contributed by atoms with van der Waals surface area (Å²) >= 11 is 0. The van der Waals surface area contributed by atoms with Crippen LogP contribution in [0.1, 0.15) is 63.8 Å². The lowest BCUT2D eigenvalue weighted by Gasteiger charge is -2.34. The molecule has 2 aliphatic heterocycles. The molecule has 3 aromatic rings. The highest BCUT2D eigenvalue weighted by molar-refractivity contribution is 5.85. The number of allylic oxidation sites excluding steroid dienone is 4. The Morgan fingerprint density at radius 3 is 2.67 bits per heavy atom. The van der Waals surface area contributed by atoms with Gasteiger partial charge in [0.2, 0.25) is 5.88 Å². The standard InChI is InChI=1S/C31H37N5O4/c1-31(2,3)40-30(37)35-16-14-22(15-17-35)32-24-19-39-25-18-21(10-11-23(24)25)28-29(20-8-6-5-7-9-20)36-26(33-28)12-13-27(34-36)38-4/h6,8-13,18,22,24,32H,5,7,14-17,19H2,1-4H3/t24-/m0/s1. The number of nitrogens with zero attached hydrogens (tertiary/aromatic N) is 4. The van der Waals surface area contributed by atoms with E-state index in [1.165, 1.54) is 0 Å². The Labute approximate surface area is 234 Å². The number of hydrogen-bond acceptors (Lipinski definition) is 7. The number of nitrogens with one attached hydrogen (secondary N) is 1. The van der Waals surface area contributed by atoms with Crippen molar-refractivity contribution in [1.29, 1.82) is 0 Å². The maximum absolute atomic E-state index is 12.4. The zero-order valence-corrected chi connectivity index (χ0v) is 23.6. The minimum Gasteiger partial charge on any atom is -0.491 e. The van der Waals surface area contributed by atoms with Gasteiger partial charge >= 0.3 is 6.09 Å². The van der Waals surface area contributed by atoms with Gasteiger partial charge < -0.3 is 24.4 Å². The Morgan fingerprint density at radius 2 is 1.95 bits per heavy atom. The lowest BCUT2D eigenvalue weighted by molar-refractivity contribution is 0.0195. The average molecular weight is 544 g/mol. The molecule has 1 saturated heterocycles. The highest BCUT2D eigenvalue weighted by Gasteiger charge is 2.31. The van der Waals surface area contributed by atoms with Crippen LogP contribution in [0.5, 0.6) is 11.6 Å². The van der Waals surface area contributed by atoms with E-state index in [-0.39, 0.29) is 12.1 Å². The SMILES string of the molecule is COc1ccc2nc(-c3ccc4c(c3)OC[C@@H]4NC3CCN(C(=O)OC(C)(C)C)CC3)c(C3=CCCC=C3)n2n1. The summed E-state index contributed by atoms with van der Waals surface area (Å²) in [6, 6.07) is 10.6. The first kappa shape index (κ1) is 26.4. The van der Waals surface area contributed by atoms with E-state index in [4.69, 9.17) is 19.2 Å². The third kappa shape index (κ3) is 5.30. The van der Waals surface area contributed by atoms with Crippen LogP contribution in [0.3, 0.4) is 0 Å². The van der Waals surface area contributed by atoms with Crippen LogP contribution in [-0.4, -0.2) is 64.0 Å². The Hall–Kier alpha value is -3.85. The summed E-state index contributed by atoms with van der Waals surface area (Å²) in [5.41, 5.74) is 5.36. The van der Waals surface area contributed by atoms with Crippen LogP contribution in [0.15, 0.2) is 48.6 Å². The molecule has 1 fully saturated rings. The van der Waals surface area contributed by atoms with Crippen molar-refractivity contribution in [3.05, 3.63) is 59.8 Å². The van der Waals surface area contributed by atoms with Crippen LogP contribution in [-0.2, 0) is 4.74 Å². The third-order valence-corrected chi connectivity index (χ3v) is 7.58. The molecule has 0 bridgehead atoms. The maximum atomic E-state index is 12.4. The largest absolute Gasteiger partial charge is 0.491 e. The minimum atomic E-state index is -0.479. The molecule has 0 radical (unpaired) electrons. The molecule has 1 amide bonds. The molecule has 1 atom stereocenters. The predicted octanol–water partition coefficient (Wildman–Crippen LogP) is 5.56. The van der Waals surface area contributed by atoms with Gasteiger partial charge in [0, 0.05) is 36.3 Å². The lowest BCUT2D eigenvalue weighted by Crippen LogP contribution is -2.47.